The smallest absolute Gasteiger partial charge is 0.224 e. The molecule has 6 aromatic rings. The third-order valence-electron chi connectivity index (χ3n) is 7.29. The van der Waals surface area contributed by atoms with Crippen molar-refractivity contribution in [3.63, 3.8) is 0 Å². The van der Waals surface area contributed by atoms with Crippen molar-refractivity contribution in [2.75, 3.05) is 37.8 Å². The third-order valence-corrected chi connectivity index (χ3v) is 7.29. The van der Waals surface area contributed by atoms with Crippen LogP contribution >= 0.6 is 0 Å². The van der Waals surface area contributed by atoms with Crippen LogP contribution in [0.4, 0.5) is 20.2 Å². The number of likely N-dealkylation sites (N-methyl/N-ethyl adjacent to an activating group) is 1. The van der Waals surface area contributed by atoms with E-state index in [4.69, 9.17) is 0 Å². The van der Waals surface area contributed by atoms with Gasteiger partial charge in [-0.05, 0) is 62.0 Å². The van der Waals surface area contributed by atoms with Crippen LogP contribution < -0.4 is 10.6 Å². The van der Waals surface area contributed by atoms with E-state index in [1.807, 2.05) is 38.9 Å². The largest absolute Gasteiger partial charge is 0.384 e. The van der Waals surface area contributed by atoms with Crippen molar-refractivity contribution in [3.05, 3.63) is 72.7 Å². The van der Waals surface area contributed by atoms with Gasteiger partial charge in [0.25, 0.3) is 0 Å². The summed E-state index contributed by atoms with van der Waals surface area (Å²) in [6, 6.07) is 11.4. The lowest BCUT2D eigenvalue weighted by molar-refractivity contribution is -0.116. The predicted molar refractivity (Wildman–Crippen MR) is 173 cm³/mol. The standard InChI is InChI=1S/C33H33F2N9O/c1-18(2)9-29(45)39-23-12-20(16-36-17-23)25-14-26-28(15-27(25)35)42-43-31(26)33-40-30-24(5-6-38-32(30)41-33)19-10-21(34)13-22(11-19)37-7-8-44(3)4/h5-6,10-18,37H,7-9H2,1-4H3,(H,39,45)(H,42,43)(H,38,40,41). The first-order valence-corrected chi connectivity index (χ1v) is 14.6. The minimum absolute atomic E-state index is 0.134. The number of pyridine rings is 2. The lowest BCUT2D eigenvalue weighted by Crippen LogP contribution is -2.20. The van der Waals surface area contributed by atoms with Gasteiger partial charge in [0, 0.05) is 65.7 Å². The van der Waals surface area contributed by atoms with Crippen molar-refractivity contribution >= 4 is 39.3 Å². The van der Waals surface area contributed by atoms with Gasteiger partial charge in [-0.25, -0.2) is 18.7 Å². The average molecular weight is 610 g/mol. The Morgan fingerprint density at radius 2 is 1.82 bits per heavy atom. The number of hydrogen-bond donors (Lipinski definition) is 4. The topological polar surface area (TPSA) is 128 Å². The van der Waals surface area contributed by atoms with Gasteiger partial charge in [0.15, 0.2) is 11.5 Å². The van der Waals surface area contributed by atoms with Crippen LogP contribution in [0.3, 0.4) is 0 Å². The van der Waals surface area contributed by atoms with Crippen LogP contribution in [-0.4, -0.2) is 68.1 Å². The number of nitrogens with one attached hydrogen (secondary N) is 4. The number of hydrogen-bond acceptors (Lipinski definition) is 7. The van der Waals surface area contributed by atoms with Crippen LogP contribution in [0, 0.1) is 17.6 Å². The maximum atomic E-state index is 15.3. The van der Waals surface area contributed by atoms with E-state index in [0.717, 1.165) is 12.1 Å². The number of benzene rings is 2. The first kappa shape index (κ1) is 29.8. The summed E-state index contributed by atoms with van der Waals surface area (Å²) in [6.07, 6.45) is 5.07. The van der Waals surface area contributed by atoms with Crippen LogP contribution in [0.25, 0.3) is 55.8 Å². The van der Waals surface area contributed by atoms with Gasteiger partial charge >= 0.3 is 0 Å². The molecule has 10 nitrogen and oxygen atoms in total. The summed E-state index contributed by atoms with van der Waals surface area (Å²) in [5.41, 5.74) is 5.32. The number of nitrogens with zero attached hydrogens (tertiary/aromatic N) is 5. The van der Waals surface area contributed by atoms with E-state index in [1.54, 1.807) is 30.6 Å². The van der Waals surface area contributed by atoms with Crippen LogP contribution in [0.2, 0.25) is 0 Å². The fraction of sp³-hybridized carbons (Fsp3) is 0.242. The molecule has 0 aliphatic heterocycles. The molecule has 0 bridgehead atoms. The highest BCUT2D eigenvalue weighted by molar-refractivity contribution is 5.98. The number of carbonyl (C=O) groups is 1. The molecular formula is C33H33F2N9O. The van der Waals surface area contributed by atoms with E-state index in [1.165, 1.54) is 24.4 Å². The second-order valence-corrected chi connectivity index (χ2v) is 11.7. The van der Waals surface area contributed by atoms with E-state index in [0.29, 0.717) is 74.6 Å². The summed E-state index contributed by atoms with van der Waals surface area (Å²) in [6.45, 7) is 5.39. The molecule has 1 amide bonds. The van der Waals surface area contributed by atoms with Crippen LogP contribution in [-0.2, 0) is 4.79 Å². The zero-order valence-corrected chi connectivity index (χ0v) is 25.4. The second kappa shape index (κ2) is 12.4. The van der Waals surface area contributed by atoms with Crippen LogP contribution in [0.5, 0.6) is 0 Å². The Kier molecular flexibility index (Phi) is 8.22. The summed E-state index contributed by atoms with van der Waals surface area (Å²) in [4.78, 5) is 31.0. The molecule has 0 aliphatic rings. The molecule has 4 heterocycles. The summed E-state index contributed by atoms with van der Waals surface area (Å²) in [5.74, 6) is -0.353. The van der Waals surface area contributed by atoms with Crippen molar-refractivity contribution in [2.45, 2.75) is 20.3 Å². The highest BCUT2D eigenvalue weighted by Gasteiger charge is 2.19. The van der Waals surface area contributed by atoms with Gasteiger partial charge in [0.1, 0.15) is 17.3 Å². The Bertz CT molecular complexity index is 2020. The number of aromatic amines is 2. The summed E-state index contributed by atoms with van der Waals surface area (Å²) >= 11 is 0. The molecule has 0 radical (unpaired) electrons. The molecule has 230 valence electrons. The first-order valence-electron chi connectivity index (χ1n) is 14.6. The van der Waals surface area contributed by atoms with Crippen molar-refractivity contribution < 1.29 is 13.6 Å². The Hall–Kier alpha value is -5.23. The second-order valence-electron chi connectivity index (χ2n) is 11.7. The lowest BCUT2D eigenvalue weighted by atomic mass is 10.0. The first-order chi connectivity index (χ1) is 21.6. The molecule has 6 rings (SSSR count). The minimum atomic E-state index is -0.472. The van der Waals surface area contributed by atoms with Gasteiger partial charge in [-0.3, -0.25) is 14.9 Å². The summed E-state index contributed by atoms with van der Waals surface area (Å²) < 4.78 is 30.0. The molecule has 4 aromatic heterocycles. The van der Waals surface area contributed by atoms with E-state index in [9.17, 15) is 9.18 Å². The number of carbonyl (C=O) groups excluding carboxylic acids is 1. The molecule has 4 N–H and O–H groups in total. The monoisotopic (exact) mass is 609 g/mol. The Balaban J connectivity index is 1.36. The summed E-state index contributed by atoms with van der Waals surface area (Å²) in [5, 5.41) is 14.1. The minimum Gasteiger partial charge on any atom is -0.384 e. The van der Waals surface area contributed by atoms with E-state index in [2.05, 4.69) is 40.8 Å². The molecule has 0 atom stereocenters. The van der Waals surface area contributed by atoms with Gasteiger partial charge in [0.2, 0.25) is 5.91 Å². The van der Waals surface area contributed by atoms with E-state index < -0.39 is 5.82 Å². The van der Waals surface area contributed by atoms with E-state index in [-0.39, 0.29) is 17.6 Å². The maximum Gasteiger partial charge on any atom is 0.224 e. The fourth-order valence-electron chi connectivity index (χ4n) is 5.21. The SMILES string of the molecule is CC(C)CC(=O)Nc1cncc(-c2cc3c(-c4nc5nccc(-c6cc(F)cc(NCCN(C)C)c6)c5[nH]4)n[nH]c3cc2F)c1. The molecule has 45 heavy (non-hydrogen) atoms. The lowest BCUT2D eigenvalue weighted by Gasteiger charge is -2.13. The molecule has 0 saturated heterocycles. The van der Waals surface area contributed by atoms with E-state index >= 15 is 4.39 Å². The highest BCUT2D eigenvalue weighted by atomic mass is 19.1. The van der Waals surface area contributed by atoms with Crippen LogP contribution in [0.15, 0.2) is 61.1 Å². The van der Waals surface area contributed by atoms with Crippen molar-refractivity contribution in [1.29, 1.82) is 0 Å². The highest BCUT2D eigenvalue weighted by Crippen LogP contribution is 2.35. The van der Waals surface area contributed by atoms with Gasteiger partial charge < -0.3 is 20.5 Å². The number of aromatic nitrogens is 6. The number of anilines is 2. The third kappa shape index (κ3) is 6.50. The molecule has 0 saturated carbocycles. The molecule has 0 spiro atoms. The molecule has 0 aliphatic carbocycles. The normalized spacial score (nSPS) is 11.6. The number of amides is 1. The average Bonchev–Trinajstić information content (AvgIpc) is 3.59. The fourth-order valence-corrected chi connectivity index (χ4v) is 5.21. The molecular weight excluding hydrogens is 576 g/mol. The summed E-state index contributed by atoms with van der Waals surface area (Å²) in [7, 11) is 3.96. The van der Waals surface area contributed by atoms with Gasteiger partial charge in [-0.1, -0.05) is 13.8 Å². The molecule has 0 fully saturated rings. The number of H-pyrrole nitrogens is 2. The number of halogens is 2. The maximum absolute atomic E-state index is 15.3. The van der Waals surface area contributed by atoms with Gasteiger partial charge in [-0.2, -0.15) is 5.10 Å². The quantitative estimate of drug-likeness (QED) is 0.140. The molecule has 0 unspecified atom stereocenters. The van der Waals surface area contributed by atoms with Crippen molar-refractivity contribution in [1.82, 2.24) is 35.0 Å². The number of imidazole rings is 1. The Morgan fingerprint density at radius 1 is 1.00 bits per heavy atom. The Labute approximate surface area is 258 Å². The van der Waals surface area contributed by atoms with Crippen LogP contribution in [0.1, 0.15) is 20.3 Å². The van der Waals surface area contributed by atoms with Gasteiger partial charge in [0.05, 0.1) is 22.9 Å². The predicted octanol–water partition coefficient (Wildman–Crippen LogP) is 6.47. The zero-order chi connectivity index (χ0) is 31.7. The van der Waals surface area contributed by atoms with Gasteiger partial charge in [-0.15, -0.1) is 0 Å². The zero-order valence-electron chi connectivity index (χ0n) is 25.4. The van der Waals surface area contributed by atoms with Crippen molar-refractivity contribution in [3.8, 4) is 33.8 Å². The number of rotatable bonds is 10. The van der Waals surface area contributed by atoms with Crippen molar-refractivity contribution in [2.24, 2.45) is 5.92 Å². The Morgan fingerprint density at radius 3 is 2.62 bits per heavy atom. The number of fused-ring (bicyclic) bond motifs is 2. The molecule has 12 heteroatoms. The molecule has 2 aromatic carbocycles.